The van der Waals surface area contributed by atoms with E-state index in [-0.39, 0.29) is 33.6 Å². The molecule has 0 aliphatic carbocycles. The normalized spacial score (nSPS) is 12.7. The number of hydrogen-bond acceptors (Lipinski definition) is 7. The Labute approximate surface area is 436 Å². The van der Waals surface area contributed by atoms with Crippen LogP contribution >= 0.6 is 23.2 Å². The van der Waals surface area contributed by atoms with Gasteiger partial charge in [0, 0.05) is 5.56 Å². The Kier molecular flexibility index (Phi) is 24.6. The molecule has 74 heavy (non-hydrogen) atoms. The Morgan fingerprint density at radius 3 is 1.42 bits per heavy atom. The maximum atomic E-state index is 14.3. The van der Waals surface area contributed by atoms with Crippen molar-refractivity contribution in [2.45, 2.75) is 85.2 Å². The van der Waals surface area contributed by atoms with Crippen molar-refractivity contribution < 1.29 is 55.3 Å². The highest BCUT2D eigenvalue weighted by molar-refractivity contribution is 6.34. The predicted molar refractivity (Wildman–Crippen MR) is 269 cm³/mol. The molecule has 0 fully saturated rings. The number of halogens is 8. The predicted octanol–water partition coefficient (Wildman–Crippen LogP) is 12.8. The zero-order valence-electron chi connectivity index (χ0n) is 41.0. The number of carbonyl (C=O) groups is 3. The van der Waals surface area contributed by atoms with E-state index < -0.39 is 73.6 Å². The van der Waals surface area contributed by atoms with Crippen molar-refractivity contribution in [1.29, 1.82) is 5.26 Å². The number of carbonyl (C=O) groups excluding carboxylic acids is 2. The fraction of sp³-hybridized carbons (Fsp3) is 0.333. The molecular weight excluding hydrogens is 1010 g/mol. The maximum Gasteiger partial charge on any atom is 0.415 e. The lowest BCUT2D eigenvalue weighted by atomic mass is 9.90. The minimum atomic E-state index is -4.94. The number of nitrogens with zero attached hydrogens (tertiary/aromatic N) is 4. The smallest absolute Gasteiger partial charge is 0.415 e. The van der Waals surface area contributed by atoms with E-state index in [0.717, 1.165) is 0 Å². The van der Waals surface area contributed by atoms with Crippen LogP contribution in [-0.2, 0) is 45.1 Å². The summed E-state index contributed by atoms with van der Waals surface area (Å²) in [5.74, 6) is -7.25. The zero-order chi connectivity index (χ0) is 55.2. The molecule has 0 saturated heterocycles. The Balaban J connectivity index is 0.000000359. The molecular formula is C54H54Cl2F6N6O6. The molecule has 5 rings (SSSR count). The summed E-state index contributed by atoms with van der Waals surface area (Å²) in [5, 5.41) is 18.5. The number of rotatable bonds is 18. The average molecular weight is 1070 g/mol. The molecule has 5 aromatic carbocycles. The molecule has 0 aromatic heterocycles. The molecule has 392 valence electrons. The van der Waals surface area contributed by atoms with Crippen molar-refractivity contribution in [3.8, 4) is 6.07 Å². The highest BCUT2D eigenvalue weighted by Gasteiger charge is 2.50. The van der Waals surface area contributed by atoms with E-state index in [2.05, 4.69) is 46.2 Å². The minimum absolute atomic E-state index is 0.0736. The van der Waals surface area contributed by atoms with Crippen LogP contribution in [0.1, 0.15) is 70.1 Å². The molecule has 0 unspecified atom stereocenters. The lowest BCUT2D eigenvalue weighted by Gasteiger charge is -2.29. The van der Waals surface area contributed by atoms with E-state index in [4.69, 9.17) is 51.1 Å². The molecule has 3 N–H and O–H groups in total. The highest BCUT2D eigenvalue weighted by atomic mass is 35.5. The summed E-state index contributed by atoms with van der Waals surface area (Å²) in [6.45, 7) is 26.6. The number of hydrogen-bond donors (Lipinski definition) is 3. The van der Waals surface area contributed by atoms with Gasteiger partial charge in [-0.25, -0.2) is 9.69 Å². The second kappa shape index (κ2) is 29.7. The minimum Gasteiger partial charge on any atom is -0.481 e. The summed E-state index contributed by atoms with van der Waals surface area (Å²) in [7, 11) is 0. The van der Waals surface area contributed by atoms with Crippen LogP contribution in [0.15, 0.2) is 109 Å². The van der Waals surface area contributed by atoms with Gasteiger partial charge < -0.3 is 19.5 Å². The molecule has 20 heteroatoms. The first-order chi connectivity index (χ1) is 35.0. The standard InChI is InChI=1S/C28H22ClF3N4O3.C20H17ClF3NO3.C6H15N/c1-17-21(12-13-23(34-2)24(17)29)14-22(25(28(30,31)32)39-16-19-6-4-3-5-7-19)27(38)36-35-26(37)20-10-8-18(15-33)9-11-20;1-12-14(8-9-16(25-2)17(12)21)10-15(19(26)27)18(20(22,23)24)28-11-13-6-4-3-5-7-13;1-4-7(5-2)6-3/h3-13,22,25H,14,16H2,1H3,(H,35,37)(H,36,38);3-9,15,18H,10-11H2,1H3,(H,26,27);4-6H2,1-3H3/t22-,25+;15-,18+;/m11./s1. The second-order valence-corrected chi connectivity index (χ2v) is 17.1. The van der Waals surface area contributed by atoms with Crippen LogP contribution in [-0.4, -0.2) is 72.0 Å². The van der Waals surface area contributed by atoms with Gasteiger partial charge in [-0.1, -0.05) is 129 Å². The monoisotopic (exact) mass is 1070 g/mol. The summed E-state index contributed by atoms with van der Waals surface area (Å²) in [6, 6.07) is 29.3. The summed E-state index contributed by atoms with van der Waals surface area (Å²) in [4.78, 5) is 46.2. The summed E-state index contributed by atoms with van der Waals surface area (Å²) >= 11 is 12.3. The molecule has 12 nitrogen and oxygen atoms in total. The molecule has 5 aromatic rings. The van der Waals surface area contributed by atoms with E-state index in [1.807, 2.05) is 6.07 Å². The third-order valence-electron chi connectivity index (χ3n) is 11.6. The first-order valence-electron chi connectivity index (χ1n) is 22.9. The van der Waals surface area contributed by atoms with Crippen molar-refractivity contribution in [2.75, 3.05) is 19.6 Å². The summed E-state index contributed by atoms with van der Waals surface area (Å²) in [5.41, 5.74) is 7.19. The number of alkyl halides is 6. The number of nitriles is 1. The number of hydrazine groups is 1. The zero-order valence-corrected chi connectivity index (χ0v) is 42.5. The van der Waals surface area contributed by atoms with Gasteiger partial charge in [-0.05, 0) is 104 Å². The van der Waals surface area contributed by atoms with Gasteiger partial charge in [-0.15, -0.1) is 0 Å². The third kappa shape index (κ3) is 18.5. The average Bonchev–Trinajstić information content (AvgIpc) is 3.38. The van der Waals surface area contributed by atoms with Crippen molar-refractivity contribution in [1.82, 2.24) is 15.8 Å². The van der Waals surface area contributed by atoms with Crippen LogP contribution in [0.4, 0.5) is 37.7 Å². The van der Waals surface area contributed by atoms with E-state index in [9.17, 15) is 45.8 Å². The molecule has 0 aliphatic heterocycles. The van der Waals surface area contributed by atoms with Crippen LogP contribution in [0.5, 0.6) is 0 Å². The van der Waals surface area contributed by atoms with Gasteiger partial charge in [0.25, 0.3) is 5.91 Å². The number of aliphatic carboxylic acids is 1. The molecule has 0 radical (unpaired) electrons. The van der Waals surface area contributed by atoms with Crippen LogP contribution in [0.3, 0.4) is 0 Å². The van der Waals surface area contributed by atoms with Gasteiger partial charge in [0.2, 0.25) is 17.3 Å². The van der Waals surface area contributed by atoms with E-state index in [1.54, 1.807) is 74.5 Å². The number of carboxylic acid groups (broad SMARTS) is 1. The van der Waals surface area contributed by atoms with Crippen LogP contribution in [0.2, 0.25) is 10.0 Å². The molecule has 0 saturated carbocycles. The van der Waals surface area contributed by atoms with E-state index in [1.165, 1.54) is 68.2 Å². The lowest BCUT2D eigenvalue weighted by molar-refractivity contribution is -0.241. The Morgan fingerprint density at radius 1 is 0.662 bits per heavy atom. The number of amides is 2. The van der Waals surface area contributed by atoms with Gasteiger partial charge in [-0.2, -0.15) is 31.6 Å². The third-order valence-corrected chi connectivity index (χ3v) is 12.5. The molecule has 4 atom stereocenters. The topological polar surface area (TPSA) is 150 Å². The van der Waals surface area contributed by atoms with Crippen LogP contribution in [0.25, 0.3) is 9.69 Å². The molecule has 0 bridgehead atoms. The fourth-order valence-corrected chi connectivity index (χ4v) is 7.67. The molecule has 0 aliphatic rings. The largest absolute Gasteiger partial charge is 0.481 e. The molecule has 2 amide bonds. The first-order valence-corrected chi connectivity index (χ1v) is 23.6. The number of benzene rings is 5. The Bertz CT molecular complexity index is 2760. The number of carboxylic acids is 1. The number of nitrogens with one attached hydrogen (secondary N) is 2. The van der Waals surface area contributed by atoms with Gasteiger partial charge in [0.1, 0.15) is 0 Å². The van der Waals surface area contributed by atoms with Gasteiger partial charge in [0.05, 0.1) is 59.9 Å². The van der Waals surface area contributed by atoms with Crippen molar-refractivity contribution in [3.63, 3.8) is 0 Å². The van der Waals surface area contributed by atoms with Gasteiger partial charge in [-0.3, -0.25) is 25.2 Å². The second-order valence-electron chi connectivity index (χ2n) is 16.3. The molecule has 0 spiro atoms. The lowest BCUT2D eigenvalue weighted by Crippen LogP contribution is -2.51. The van der Waals surface area contributed by atoms with Gasteiger partial charge >= 0.3 is 18.3 Å². The van der Waals surface area contributed by atoms with Crippen LogP contribution in [0, 0.1) is 50.2 Å². The van der Waals surface area contributed by atoms with E-state index >= 15 is 0 Å². The molecule has 0 heterocycles. The highest BCUT2D eigenvalue weighted by Crippen LogP contribution is 2.37. The fourth-order valence-electron chi connectivity index (χ4n) is 7.22. The summed E-state index contributed by atoms with van der Waals surface area (Å²) < 4.78 is 93.9. The number of ether oxygens (including phenoxy) is 2. The summed E-state index contributed by atoms with van der Waals surface area (Å²) in [6.07, 6.45) is -15.7. The SMILES string of the molecule is CCN(CC)CC.[C-]#[N+]c1ccc(C[C@@H](C(=O)NNC(=O)c2ccc(C#N)cc2)[C@H](OCc2ccccc2)C(F)(F)F)c(C)c1Cl.[C-]#[N+]c1ccc(C[C@@H](C(=O)O)[C@H](OCc2ccccc2)C(F)(F)F)c(C)c1Cl. The van der Waals surface area contributed by atoms with E-state index in [0.29, 0.717) is 38.9 Å². The maximum absolute atomic E-state index is 14.3. The Morgan fingerprint density at radius 2 is 1.07 bits per heavy atom. The first kappa shape index (κ1) is 61.3. The quantitative estimate of drug-likeness (QED) is 0.0446. The Hall–Kier alpha value is -6.98. The van der Waals surface area contributed by atoms with Crippen molar-refractivity contribution in [2.24, 2.45) is 11.8 Å². The van der Waals surface area contributed by atoms with Crippen molar-refractivity contribution >= 4 is 52.4 Å². The van der Waals surface area contributed by atoms with Gasteiger partial charge in [0.15, 0.2) is 12.2 Å². The van der Waals surface area contributed by atoms with Crippen LogP contribution < -0.4 is 10.9 Å². The van der Waals surface area contributed by atoms with Crippen molar-refractivity contribution in [3.05, 3.63) is 187 Å².